The van der Waals surface area contributed by atoms with Crippen molar-refractivity contribution >= 4 is 23.5 Å². The molecule has 1 aromatic rings. The van der Waals surface area contributed by atoms with Gasteiger partial charge < -0.3 is 19.5 Å². The van der Waals surface area contributed by atoms with Crippen molar-refractivity contribution in [3.8, 4) is 5.75 Å². The van der Waals surface area contributed by atoms with Crippen LogP contribution in [0.1, 0.15) is 19.8 Å². The van der Waals surface area contributed by atoms with Gasteiger partial charge in [-0.15, -0.1) is 0 Å². The first-order valence-electron chi connectivity index (χ1n) is 7.37. The van der Waals surface area contributed by atoms with Crippen LogP contribution in [0.4, 0.5) is 0 Å². The number of benzene rings is 1. The van der Waals surface area contributed by atoms with E-state index in [9.17, 15) is 14.7 Å². The van der Waals surface area contributed by atoms with Crippen molar-refractivity contribution < 1.29 is 24.2 Å². The molecular weight excluding hydrogens is 322 g/mol. The first-order chi connectivity index (χ1) is 11.0. The van der Waals surface area contributed by atoms with E-state index in [1.54, 1.807) is 24.3 Å². The summed E-state index contributed by atoms with van der Waals surface area (Å²) in [7, 11) is 1.29. The molecule has 0 heterocycles. The Bertz CT molecular complexity index is 519. The SMILES string of the molecule is CCC(CO)N(CCC(=O)OC)C(=O)COc1ccccc1Cl. The lowest BCUT2D eigenvalue weighted by molar-refractivity contribution is -0.143. The van der Waals surface area contributed by atoms with Gasteiger partial charge in [0.15, 0.2) is 6.61 Å². The number of esters is 1. The van der Waals surface area contributed by atoms with Gasteiger partial charge in [-0.05, 0) is 18.6 Å². The van der Waals surface area contributed by atoms with Gasteiger partial charge in [0.25, 0.3) is 5.91 Å². The molecule has 0 saturated carbocycles. The van der Waals surface area contributed by atoms with Crippen LogP contribution in [0, 0.1) is 0 Å². The summed E-state index contributed by atoms with van der Waals surface area (Å²) in [6, 6.07) is 6.47. The number of hydrogen-bond donors (Lipinski definition) is 1. The summed E-state index contributed by atoms with van der Waals surface area (Å²) in [6.45, 7) is 1.61. The number of rotatable bonds is 9. The maximum atomic E-state index is 12.4. The lowest BCUT2D eigenvalue weighted by atomic mass is 10.2. The van der Waals surface area contributed by atoms with Crippen molar-refractivity contribution in [2.24, 2.45) is 0 Å². The maximum Gasteiger partial charge on any atom is 0.307 e. The summed E-state index contributed by atoms with van der Waals surface area (Å²) in [4.78, 5) is 25.1. The van der Waals surface area contributed by atoms with Gasteiger partial charge in [-0.3, -0.25) is 9.59 Å². The molecule has 7 heteroatoms. The van der Waals surface area contributed by atoms with Gasteiger partial charge in [-0.2, -0.15) is 0 Å². The Morgan fingerprint density at radius 2 is 2.04 bits per heavy atom. The lowest BCUT2D eigenvalue weighted by Gasteiger charge is -2.29. The first kappa shape index (κ1) is 19.3. The van der Waals surface area contributed by atoms with Gasteiger partial charge in [-0.1, -0.05) is 30.7 Å². The van der Waals surface area contributed by atoms with Crippen LogP contribution < -0.4 is 4.74 Å². The molecular formula is C16H22ClNO5. The van der Waals surface area contributed by atoms with Crippen molar-refractivity contribution in [2.75, 3.05) is 26.9 Å². The third-order valence-electron chi connectivity index (χ3n) is 3.42. The van der Waals surface area contributed by atoms with E-state index in [0.29, 0.717) is 17.2 Å². The Hall–Kier alpha value is -1.79. The molecule has 0 radical (unpaired) electrons. The van der Waals surface area contributed by atoms with Crippen LogP contribution in [0.3, 0.4) is 0 Å². The van der Waals surface area contributed by atoms with Crippen molar-refractivity contribution in [1.82, 2.24) is 4.90 Å². The summed E-state index contributed by atoms with van der Waals surface area (Å²) in [5.41, 5.74) is 0. The van der Waals surface area contributed by atoms with Gasteiger partial charge in [-0.25, -0.2) is 0 Å². The number of halogens is 1. The van der Waals surface area contributed by atoms with Crippen molar-refractivity contribution in [3.05, 3.63) is 29.3 Å². The van der Waals surface area contributed by atoms with Crippen molar-refractivity contribution in [1.29, 1.82) is 0 Å². The molecule has 0 aliphatic carbocycles. The van der Waals surface area contributed by atoms with Crippen LogP contribution in [0.15, 0.2) is 24.3 Å². The van der Waals surface area contributed by atoms with Crippen LogP contribution >= 0.6 is 11.6 Å². The van der Waals surface area contributed by atoms with Gasteiger partial charge in [0.05, 0.1) is 31.2 Å². The second-order valence-electron chi connectivity index (χ2n) is 4.88. The smallest absolute Gasteiger partial charge is 0.307 e. The Balaban J connectivity index is 2.70. The van der Waals surface area contributed by atoms with Crippen LogP contribution in [0.5, 0.6) is 5.75 Å². The van der Waals surface area contributed by atoms with E-state index in [2.05, 4.69) is 4.74 Å². The average Bonchev–Trinajstić information content (AvgIpc) is 2.57. The third-order valence-corrected chi connectivity index (χ3v) is 3.73. The predicted octanol–water partition coefficient (Wildman–Crippen LogP) is 1.88. The molecule has 1 rings (SSSR count). The lowest BCUT2D eigenvalue weighted by Crippen LogP contribution is -2.45. The number of aliphatic hydroxyl groups is 1. The first-order valence-corrected chi connectivity index (χ1v) is 7.75. The molecule has 1 atom stereocenters. The Morgan fingerprint density at radius 3 is 2.61 bits per heavy atom. The van der Waals surface area contributed by atoms with Gasteiger partial charge in [0.2, 0.25) is 0 Å². The predicted molar refractivity (Wildman–Crippen MR) is 86.5 cm³/mol. The Labute approximate surface area is 140 Å². The Morgan fingerprint density at radius 1 is 1.35 bits per heavy atom. The fourth-order valence-electron chi connectivity index (χ4n) is 2.06. The van der Waals surface area contributed by atoms with E-state index in [-0.39, 0.29) is 38.1 Å². The largest absolute Gasteiger partial charge is 0.482 e. The molecule has 0 saturated heterocycles. The second kappa shape index (κ2) is 10.1. The second-order valence-corrected chi connectivity index (χ2v) is 5.28. The minimum atomic E-state index is -0.414. The third kappa shape index (κ3) is 6.08. The monoisotopic (exact) mass is 343 g/mol. The summed E-state index contributed by atoms with van der Waals surface area (Å²) in [5, 5.41) is 9.84. The number of carbonyl (C=O) groups excluding carboxylic acids is 2. The number of methoxy groups -OCH3 is 1. The van der Waals surface area contributed by atoms with E-state index in [1.807, 2.05) is 6.92 Å². The molecule has 0 bridgehead atoms. The van der Waals surface area contributed by atoms with Gasteiger partial charge in [0, 0.05) is 6.54 Å². The Kier molecular flexibility index (Phi) is 8.43. The average molecular weight is 344 g/mol. The summed E-state index contributed by atoms with van der Waals surface area (Å²) < 4.78 is 10.0. The van der Waals surface area contributed by atoms with Crippen molar-refractivity contribution in [3.63, 3.8) is 0 Å². The molecule has 1 amide bonds. The standard InChI is InChI=1S/C16H22ClNO5/c1-3-12(10-19)18(9-8-16(21)22-2)15(20)11-23-14-7-5-4-6-13(14)17/h4-7,12,19H,3,8-11H2,1-2H3. The van der Waals surface area contributed by atoms with E-state index >= 15 is 0 Å². The van der Waals surface area contributed by atoms with Crippen LogP contribution in [0.2, 0.25) is 5.02 Å². The fourth-order valence-corrected chi connectivity index (χ4v) is 2.25. The number of ether oxygens (including phenoxy) is 2. The number of amides is 1. The van der Waals surface area contributed by atoms with Gasteiger partial charge in [0.1, 0.15) is 5.75 Å². The molecule has 0 aliphatic rings. The zero-order valence-corrected chi connectivity index (χ0v) is 14.1. The fraction of sp³-hybridized carbons (Fsp3) is 0.500. The minimum absolute atomic E-state index is 0.0604. The maximum absolute atomic E-state index is 12.4. The van der Waals surface area contributed by atoms with Crippen LogP contribution in [0.25, 0.3) is 0 Å². The molecule has 0 aromatic heterocycles. The quantitative estimate of drug-likeness (QED) is 0.693. The van der Waals surface area contributed by atoms with Crippen molar-refractivity contribution in [2.45, 2.75) is 25.8 Å². The molecule has 0 spiro atoms. The zero-order valence-electron chi connectivity index (χ0n) is 13.3. The molecule has 1 aromatic carbocycles. The van der Waals surface area contributed by atoms with E-state index < -0.39 is 5.97 Å². The zero-order chi connectivity index (χ0) is 17.2. The highest BCUT2D eigenvalue weighted by Gasteiger charge is 2.23. The summed E-state index contributed by atoms with van der Waals surface area (Å²) in [5.74, 6) is -0.329. The van der Waals surface area contributed by atoms with Crippen LogP contribution in [-0.2, 0) is 14.3 Å². The molecule has 6 nitrogen and oxygen atoms in total. The molecule has 1 N–H and O–H groups in total. The molecule has 1 unspecified atom stereocenters. The number of nitrogens with zero attached hydrogens (tertiary/aromatic N) is 1. The summed E-state index contributed by atoms with van der Waals surface area (Å²) in [6.07, 6.45) is 0.625. The van der Waals surface area contributed by atoms with E-state index in [1.165, 1.54) is 12.0 Å². The highest BCUT2D eigenvalue weighted by molar-refractivity contribution is 6.32. The number of para-hydroxylation sites is 1. The summed E-state index contributed by atoms with van der Waals surface area (Å²) >= 11 is 5.97. The number of aliphatic hydroxyl groups excluding tert-OH is 1. The van der Waals surface area contributed by atoms with Gasteiger partial charge >= 0.3 is 5.97 Å². The number of carbonyl (C=O) groups is 2. The topological polar surface area (TPSA) is 76.1 Å². The number of hydrogen-bond acceptors (Lipinski definition) is 5. The molecule has 0 fully saturated rings. The molecule has 128 valence electrons. The van der Waals surface area contributed by atoms with Crippen LogP contribution in [-0.4, -0.2) is 54.8 Å². The highest BCUT2D eigenvalue weighted by atomic mass is 35.5. The molecule has 23 heavy (non-hydrogen) atoms. The minimum Gasteiger partial charge on any atom is -0.482 e. The van der Waals surface area contributed by atoms with E-state index in [4.69, 9.17) is 16.3 Å². The highest BCUT2D eigenvalue weighted by Crippen LogP contribution is 2.23. The normalized spacial score (nSPS) is 11.7. The molecule has 0 aliphatic heterocycles. The van der Waals surface area contributed by atoms with E-state index in [0.717, 1.165) is 0 Å².